The van der Waals surface area contributed by atoms with E-state index in [1.54, 1.807) is 11.0 Å². The largest absolute Gasteiger partial charge is 0.396 e. The summed E-state index contributed by atoms with van der Waals surface area (Å²) in [4.78, 5) is 18.7. The molecule has 0 saturated heterocycles. The normalized spacial score (nSPS) is 17.1. The number of hydrogen-bond acceptors (Lipinski definition) is 4. The molecule has 25 heavy (non-hydrogen) atoms. The van der Waals surface area contributed by atoms with Gasteiger partial charge in [-0.05, 0) is 37.3 Å². The Bertz CT molecular complexity index is 689. The number of aliphatic hydroxyl groups excluding tert-OH is 1. The van der Waals surface area contributed by atoms with E-state index in [4.69, 9.17) is 0 Å². The number of carbonyl (C=O) groups excluding carboxylic acids is 1. The van der Waals surface area contributed by atoms with E-state index in [-0.39, 0.29) is 24.7 Å². The van der Waals surface area contributed by atoms with Gasteiger partial charge in [0.2, 0.25) is 0 Å². The number of nitrogens with zero attached hydrogens (tertiary/aromatic N) is 4. The van der Waals surface area contributed by atoms with Crippen LogP contribution in [0.25, 0.3) is 0 Å². The van der Waals surface area contributed by atoms with Crippen LogP contribution in [-0.4, -0.2) is 50.0 Å². The summed E-state index contributed by atoms with van der Waals surface area (Å²) in [6.07, 6.45) is 5.61. The molecule has 2 atom stereocenters. The number of benzene rings is 1. The minimum atomic E-state index is -0.0947. The van der Waals surface area contributed by atoms with E-state index in [0.29, 0.717) is 19.5 Å². The van der Waals surface area contributed by atoms with Crippen LogP contribution in [0, 0.1) is 0 Å². The Morgan fingerprint density at radius 1 is 1.48 bits per heavy atom. The number of fused-ring (bicyclic) bond motifs is 1. The number of nitrogens with one attached hydrogen (secondary N) is 1. The van der Waals surface area contributed by atoms with Crippen LogP contribution in [0.4, 0.5) is 4.79 Å². The van der Waals surface area contributed by atoms with Gasteiger partial charge in [0.15, 0.2) is 0 Å². The third-order valence-corrected chi connectivity index (χ3v) is 4.59. The van der Waals surface area contributed by atoms with E-state index >= 15 is 0 Å². The van der Waals surface area contributed by atoms with Crippen molar-refractivity contribution in [1.82, 2.24) is 25.0 Å². The highest BCUT2D eigenvalue weighted by molar-refractivity contribution is 5.75. The van der Waals surface area contributed by atoms with Crippen LogP contribution in [0.1, 0.15) is 36.9 Å². The number of urea groups is 1. The fourth-order valence-corrected chi connectivity index (χ4v) is 3.45. The van der Waals surface area contributed by atoms with Crippen molar-refractivity contribution in [2.75, 3.05) is 13.2 Å². The molecule has 2 amide bonds. The maximum Gasteiger partial charge on any atom is 0.318 e. The standard InChI is InChI=1S/C18H25N5O2/c1-14(11-22-13-19-12-20-22)21-18(25)23(9-4-10-24)17-8-7-15-5-2-3-6-16(15)17/h2-3,5-6,12-14,17,24H,4,7-11H2,1H3,(H,21,25). The van der Waals surface area contributed by atoms with Crippen LogP contribution in [0.2, 0.25) is 0 Å². The monoisotopic (exact) mass is 343 g/mol. The molecular formula is C18H25N5O2. The average Bonchev–Trinajstić information content (AvgIpc) is 3.25. The lowest BCUT2D eigenvalue weighted by Crippen LogP contribution is -2.46. The molecule has 1 heterocycles. The van der Waals surface area contributed by atoms with Gasteiger partial charge in [0, 0.05) is 19.2 Å². The molecule has 1 aliphatic rings. The lowest BCUT2D eigenvalue weighted by atomic mass is 10.1. The quantitative estimate of drug-likeness (QED) is 0.802. The van der Waals surface area contributed by atoms with Crippen molar-refractivity contribution in [3.8, 4) is 0 Å². The molecule has 7 nitrogen and oxygen atoms in total. The Morgan fingerprint density at radius 2 is 2.32 bits per heavy atom. The minimum Gasteiger partial charge on any atom is -0.396 e. The Morgan fingerprint density at radius 3 is 3.08 bits per heavy atom. The Kier molecular flexibility index (Phi) is 5.65. The van der Waals surface area contributed by atoms with Crippen molar-refractivity contribution in [3.63, 3.8) is 0 Å². The van der Waals surface area contributed by atoms with Crippen molar-refractivity contribution in [3.05, 3.63) is 48.0 Å². The topological polar surface area (TPSA) is 83.3 Å². The first-order valence-electron chi connectivity index (χ1n) is 8.77. The van der Waals surface area contributed by atoms with Crippen LogP contribution in [0.15, 0.2) is 36.9 Å². The summed E-state index contributed by atoms with van der Waals surface area (Å²) in [5, 5.41) is 16.3. The highest BCUT2D eigenvalue weighted by Gasteiger charge is 2.31. The number of aryl methyl sites for hydroxylation is 1. The zero-order valence-corrected chi connectivity index (χ0v) is 14.5. The van der Waals surface area contributed by atoms with Gasteiger partial charge in [0.05, 0.1) is 12.6 Å². The van der Waals surface area contributed by atoms with Gasteiger partial charge in [0.1, 0.15) is 12.7 Å². The number of aromatic nitrogens is 3. The van der Waals surface area contributed by atoms with E-state index in [1.165, 1.54) is 17.5 Å². The van der Waals surface area contributed by atoms with Crippen molar-refractivity contribution in [1.29, 1.82) is 0 Å². The van der Waals surface area contributed by atoms with E-state index in [2.05, 4.69) is 27.5 Å². The van der Waals surface area contributed by atoms with Crippen LogP contribution < -0.4 is 5.32 Å². The number of carbonyl (C=O) groups is 1. The smallest absolute Gasteiger partial charge is 0.318 e. The zero-order chi connectivity index (χ0) is 17.6. The summed E-state index contributed by atoms with van der Waals surface area (Å²) in [6, 6.07) is 8.20. The van der Waals surface area contributed by atoms with E-state index in [9.17, 15) is 9.90 Å². The van der Waals surface area contributed by atoms with Crippen molar-refractivity contribution in [2.24, 2.45) is 0 Å². The maximum absolute atomic E-state index is 12.9. The van der Waals surface area contributed by atoms with Gasteiger partial charge < -0.3 is 15.3 Å². The highest BCUT2D eigenvalue weighted by atomic mass is 16.3. The maximum atomic E-state index is 12.9. The van der Waals surface area contributed by atoms with Crippen molar-refractivity contribution >= 4 is 6.03 Å². The van der Waals surface area contributed by atoms with E-state index < -0.39 is 0 Å². The molecule has 0 bridgehead atoms. The number of amides is 2. The van der Waals surface area contributed by atoms with Gasteiger partial charge >= 0.3 is 6.03 Å². The van der Waals surface area contributed by atoms with E-state index in [1.807, 2.05) is 24.0 Å². The van der Waals surface area contributed by atoms with Gasteiger partial charge in [-0.2, -0.15) is 5.10 Å². The highest BCUT2D eigenvalue weighted by Crippen LogP contribution is 2.35. The number of aliphatic hydroxyl groups is 1. The molecule has 134 valence electrons. The van der Waals surface area contributed by atoms with E-state index in [0.717, 1.165) is 12.8 Å². The predicted molar refractivity (Wildman–Crippen MR) is 93.9 cm³/mol. The summed E-state index contributed by atoms with van der Waals surface area (Å²) in [6.45, 7) is 3.14. The molecule has 2 aromatic rings. The SMILES string of the molecule is CC(Cn1cncn1)NC(=O)N(CCCO)C1CCc2ccccc21. The molecule has 7 heteroatoms. The first-order valence-corrected chi connectivity index (χ1v) is 8.77. The molecule has 0 fully saturated rings. The second-order valence-corrected chi connectivity index (χ2v) is 6.49. The van der Waals surface area contributed by atoms with Gasteiger partial charge in [-0.25, -0.2) is 9.78 Å². The molecule has 1 aliphatic carbocycles. The fourth-order valence-electron chi connectivity index (χ4n) is 3.45. The Labute approximate surface area is 147 Å². The third-order valence-electron chi connectivity index (χ3n) is 4.59. The van der Waals surface area contributed by atoms with Gasteiger partial charge in [-0.15, -0.1) is 0 Å². The summed E-state index contributed by atoms with van der Waals surface area (Å²) in [5.74, 6) is 0. The molecule has 0 saturated carbocycles. The zero-order valence-electron chi connectivity index (χ0n) is 14.5. The van der Waals surface area contributed by atoms with Crippen molar-refractivity contribution in [2.45, 2.75) is 44.8 Å². The molecule has 0 spiro atoms. The Balaban J connectivity index is 1.68. The number of rotatable bonds is 7. The molecule has 1 aromatic carbocycles. The van der Waals surface area contributed by atoms with Crippen molar-refractivity contribution < 1.29 is 9.90 Å². The molecule has 2 N–H and O–H groups in total. The fraction of sp³-hybridized carbons (Fsp3) is 0.500. The first-order chi connectivity index (χ1) is 12.2. The Hall–Kier alpha value is -2.41. The van der Waals surface area contributed by atoms with Crippen LogP contribution in [0.3, 0.4) is 0 Å². The summed E-state index contributed by atoms with van der Waals surface area (Å²) < 4.78 is 1.70. The van der Waals surface area contributed by atoms with Gasteiger partial charge in [0.25, 0.3) is 0 Å². The molecule has 2 unspecified atom stereocenters. The molecular weight excluding hydrogens is 318 g/mol. The van der Waals surface area contributed by atoms with Crippen LogP contribution in [-0.2, 0) is 13.0 Å². The number of hydrogen-bond donors (Lipinski definition) is 2. The lowest BCUT2D eigenvalue weighted by Gasteiger charge is -2.31. The average molecular weight is 343 g/mol. The van der Waals surface area contributed by atoms with Crippen LogP contribution in [0.5, 0.6) is 0 Å². The van der Waals surface area contributed by atoms with Gasteiger partial charge in [-0.3, -0.25) is 4.68 Å². The molecule has 0 radical (unpaired) electrons. The first kappa shape index (κ1) is 17.4. The second-order valence-electron chi connectivity index (χ2n) is 6.49. The predicted octanol–water partition coefficient (Wildman–Crippen LogP) is 1.75. The third kappa shape index (κ3) is 4.17. The molecule has 3 rings (SSSR count). The molecule has 1 aromatic heterocycles. The summed E-state index contributed by atoms with van der Waals surface area (Å²) >= 11 is 0. The van der Waals surface area contributed by atoms with Gasteiger partial charge in [-0.1, -0.05) is 24.3 Å². The van der Waals surface area contributed by atoms with Crippen LogP contribution >= 0.6 is 0 Å². The molecule has 0 aliphatic heterocycles. The summed E-state index contributed by atoms with van der Waals surface area (Å²) in [7, 11) is 0. The minimum absolute atomic E-state index is 0.0672. The lowest BCUT2D eigenvalue weighted by molar-refractivity contribution is 0.161. The summed E-state index contributed by atoms with van der Waals surface area (Å²) in [5.41, 5.74) is 2.53. The second kappa shape index (κ2) is 8.11.